The van der Waals surface area contributed by atoms with Gasteiger partial charge in [-0.15, -0.1) is 0 Å². The fourth-order valence-corrected chi connectivity index (χ4v) is 3.36. The number of benzene rings is 1. The first-order valence-electron chi connectivity index (χ1n) is 10.3. The summed E-state index contributed by atoms with van der Waals surface area (Å²) in [5.41, 5.74) is 4.32. The van der Waals surface area contributed by atoms with E-state index in [0.29, 0.717) is 31.0 Å². The maximum absolute atomic E-state index is 13.3. The third-order valence-corrected chi connectivity index (χ3v) is 5.17. The lowest BCUT2D eigenvalue weighted by Gasteiger charge is -2.23. The summed E-state index contributed by atoms with van der Waals surface area (Å²) in [6, 6.07) is 14.8. The van der Waals surface area contributed by atoms with Crippen molar-refractivity contribution < 1.29 is 14.1 Å². The number of carbonyl (C=O) groups is 1. The van der Waals surface area contributed by atoms with Gasteiger partial charge in [0.15, 0.2) is 0 Å². The van der Waals surface area contributed by atoms with Crippen LogP contribution < -0.4 is 4.74 Å². The normalized spacial score (nSPS) is 10.7. The Kier molecular flexibility index (Phi) is 6.55. The van der Waals surface area contributed by atoms with Gasteiger partial charge in [-0.1, -0.05) is 11.2 Å². The van der Waals surface area contributed by atoms with E-state index in [1.807, 2.05) is 38.1 Å². The molecule has 7 heteroatoms. The first-order chi connectivity index (χ1) is 15.6. The molecule has 1 aromatic carbocycles. The van der Waals surface area contributed by atoms with Crippen molar-refractivity contribution in [2.75, 3.05) is 0 Å². The van der Waals surface area contributed by atoms with Crippen LogP contribution in [-0.2, 0) is 19.7 Å². The minimum atomic E-state index is -0.0667. The van der Waals surface area contributed by atoms with E-state index in [9.17, 15) is 4.79 Å². The van der Waals surface area contributed by atoms with Gasteiger partial charge in [0.2, 0.25) is 0 Å². The molecule has 7 nitrogen and oxygen atoms in total. The molecule has 0 aliphatic rings. The first-order valence-corrected chi connectivity index (χ1v) is 10.3. The molecule has 0 saturated heterocycles. The molecule has 3 heterocycles. The fraction of sp³-hybridized carbons (Fsp3) is 0.200. The number of amides is 1. The molecule has 3 aromatic heterocycles. The Hall–Kier alpha value is -4.00. The summed E-state index contributed by atoms with van der Waals surface area (Å²) in [7, 11) is 0. The van der Waals surface area contributed by atoms with Crippen molar-refractivity contribution >= 4 is 5.91 Å². The maximum atomic E-state index is 13.3. The molecular weight excluding hydrogens is 404 g/mol. The van der Waals surface area contributed by atoms with E-state index < -0.39 is 0 Å². The molecule has 32 heavy (non-hydrogen) atoms. The van der Waals surface area contributed by atoms with Gasteiger partial charge in [-0.3, -0.25) is 14.8 Å². The Bertz CT molecular complexity index is 1100. The van der Waals surface area contributed by atoms with Crippen molar-refractivity contribution in [3.05, 3.63) is 107 Å². The van der Waals surface area contributed by atoms with Gasteiger partial charge in [-0.25, -0.2) is 0 Å². The number of aryl methyl sites for hydroxylation is 2. The largest absolute Gasteiger partial charge is 0.489 e. The van der Waals surface area contributed by atoms with Gasteiger partial charge in [0.1, 0.15) is 18.1 Å². The van der Waals surface area contributed by atoms with Crippen LogP contribution in [0, 0.1) is 13.8 Å². The van der Waals surface area contributed by atoms with Crippen LogP contribution in [0.15, 0.2) is 77.8 Å². The number of rotatable bonds is 8. The third kappa shape index (κ3) is 5.18. The monoisotopic (exact) mass is 428 g/mol. The van der Waals surface area contributed by atoms with E-state index in [1.54, 1.807) is 54.0 Å². The van der Waals surface area contributed by atoms with Gasteiger partial charge >= 0.3 is 0 Å². The number of aromatic nitrogens is 3. The summed E-state index contributed by atoms with van der Waals surface area (Å²) >= 11 is 0. The predicted octanol–water partition coefficient (Wildman–Crippen LogP) is 4.50. The summed E-state index contributed by atoms with van der Waals surface area (Å²) in [5, 5.41) is 3.94. The lowest BCUT2D eigenvalue weighted by atomic mass is 10.1. The quantitative estimate of drug-likeness (QED) is 0.411. The van der Waals surface area contributed by atoms with E-state index in [-0.39, 0.29) is 5.91 Å². The average Bonchev–Trinajstić information content (AvgIpc) is 3.15. The first kappa shape index (κ1) is 21.2. The van der Waals surface area contributed by atoms with Crippen LogP contribution in [0.5, 0.6) is 5.75 Å². The van der Waals surface area contributed by atoms with Crippen LogP contribution in [0.2, 0.25) is 0 Å². The van der Waals surface area contributed by atoms with Crippen molar-refractivity contribution in [2.45, 2.75) is 33.5 Å². The van der Waals surface area contributed by atoms with Gasteiger partial charge in [0, 0.05) is 43.4 Å². The SMILES string of the molecule is Cc1noc(C)c1COc1ccc(C(=O)N(Cc2ccncc2)Cc2cccnc2)cc1. The standard InChI is InChI=1S/C25H24N4O3/c1-18-24(19(2)32-28-18)17-31-23-7-5-22(6-8-23)25(30)29(15-20-9-12-26-13-10-20)16-21-4-3-11-27-14-21/h3-14H,15-17H2,1-2H3. The van der Waals surface area contributed by atoms with Gasteiger partial charge < -0.3 is 14.2 Å². The summed E-state index contributed by atoms with van der Waals surface area (Å²) in [4.78, 5) is 23.4. The second kappa shape index (κ2) is 9.87. The summed E-state index contributed by atoms with van der Waals surface area (Å²) in [6.07, 6.45) is 6.96. The van der Waals surface area contributed by atoms with Gasteiger partial charge in [-0.05, 0) is 67.4 Å². The third-order valence-electron chi connectivity index (χ3n) is 5.17. The summed E-state index contributed by atoms with van der Waals surface area (Å²) in [6.45, 7) is 5.04. The van der Waals surface area contributed by atoms with Crippen LogP contribution in [-0.4, -0.2) is 25.9 Å². The number of hydrogen-bond donors (Lipinski definition) is 0. The zero-order valence-electron chi connectivity index (χ0n) is 18.1. The van der Waals surface area contributed by atoms with Gasteiger partial charge in [-0.2, -0.15) is 0 Å². The second-order valence-corrected chi connectivity index (χ2v) is 7.49. The smallest absolute Gasteiger partial charge is 0.254 e. The Labute approximate surface area is 186 Å². The van der Waals surface area contributed by atoms with Gasteiger partial charge in [0.05, 0.1) is 11.3 Å². The van der Waals surface area contributed by atoms with Crippen molar-refractivity contribution in [3.8, 4) is 5.75 Å². The number of ether oxygens (including phenoxy) is 1. The molecule has 4 rings (SSSR count). The van der Waals surface area contributed by atoms with E-state index in [2.05, 4.69) is 15.1 Å². The summed E-state index contributed by atoms with van der Waals surface area (Å²) in [5.74, 6) is 1.36. The number of nitrogens with zero attached hydrogens (tertiary/aromatic N) is 4. The topological polar surface area (TPSA) is 81.4 Å². The zero-order valence-corrected chi connectivity index (χ0v) is 18.1. The maximum Gasteiger partial charge on any atom is 0.254 e. The van der Waals surface area contributed by atoms with Crippen molar-refractivity contribution in [3.63, 3.8) is 0 Å². The molecule has 0 N–H and O–H groups in total. The molecular formula is C25H24N4O3. The molecule has 0 aliphatic heterocycles. The lowest BCUT2D eigenvalue weighted by Crippen LogP contribution is -2.30. The van der Waals surface area contributed by atoms with E-state index in [0.717, 1.165) is 28.1 Å². The molecule has 1 amide bonds. The van der Waals surface area contributed by atoms with Gasteiger partial charge in [0.25, 0.3) is 5.91 Å². The number of carbonyl (C=O) groups excluding carboxylic acids is 1. The average molecular weight is 428 g/mol. The lowest BCUT2D eigenvalue weighted by molar-refractivity contribution is 0.0730. The molecule has 4 aromatic rings. The van der Waals surface area contributed by atoms with Crippen LogP contribution >= 0.6 is 0 Å². The Morgan fingerprint density at radius 2 is 1.69 bits per heavy atom. The molecule has 0 saturated carbocycles. The fourth-order valence-electron chi connectivity index (χ4n) is 3.36. The molecule has 0 unspecified atom stereocenters. The van der Waals surface area contributed by atoms with Crippen molar-refractivity contribution in [1.29, 1.82) is 0 Å². The Morgan fingerprint density at radius 1 is 0.938 bits per heavy atom. The highest BCUT2D eigenvalue weighted by Crippen LogP contribution is 2.20. The molecule has 0 fully saturated rings. The highest BCUT2D eigenvalue weighted by Gasteiger charge is 2.17. The number of pyridine rings is 2. The second-order valence-electron chi connectivity index (χ2n) is 7.49. The molecule has 0 spiro atoms. The Balaban J connectivity index is 1.48. The van der Waals surface area contributed by atoms with E-state index in [4.69, 9.17) is 9.26 Å². The predicted molar refractivity (Wildman–Crippen MR) is 119 cm³/mol. The van der Waals surface area contributed by atoms with Crippen molar-refractivity contribution in [1.82, 2.24) is 20.0 Å². The minimum Gasteiger partial charge on any atom is -0.489 e. The minimum absolute atomic E-state index is 0.0667. The Morgan fingerprint density at radius 3 is 2.34 bits per heavy atom. The van der Waals surface area contributed by atoms with Crippen molar-refractivity contribution in [2.24, 2.45) is 0 Å². The summed E-state index contributed by atoms with van der Waals surface area (Å²) < 4.78 is 11.0. The molecule has 162 valence electrons. The molecule has 0 atom stereocenters. The van der Waals surface area contributed by atoms with E-state index >= 15 is 0 Å². The van der Waals surface area contributed by atoms with Crippen LogP contribution in [0.3, 0.4) is 0 Å². The molecule has 0 aliphatic carbocycles. The molecule has 0 bridgehead atoms. The zero-order chi connectivity index (χ0) is 22.3. The van der Waals surface area contributed by atoms with E-state index in [1.165, 1.54) is 0 Å². The van der Waals surface area contributed by atoms with Crippen LogP contribution in [0.25, 0.3) is 0 Å². The van der Waals surface area contributed by atoms with Crippen LogP contribution in [0.4, 0.5) is 0 Å². The van der Waals surface area contributed by atoms with Crippen LogP contribution in [0.1, 0.15) is 38.5 Å². The highest BCUT2D eigenvalue weighted by molar-refractivity contribution is 5.94. The number of hydrogen-bond acceptors (Lipinski definition) is 6. The molecule has 0 radical (unpaired) electrons. The highest BCUT2D eigenvalue weighted by atomic mass is 16.5.